The minimum absolute atomic E-state index is 0.0371. The Bertz CT molecular complexity index is 540. The number of hydrogen-bond acceptors (Lipinski definition) is 2. The van der Waals surface area contributed by atoms with Gasteiger partial charge in [0.05, 0.1) is 6.04 Å². The van der Waals surface area contributed by atoms with E-state index in [-0.39, 0.29) is 6.04 Å². The Morgan fingerprint density at radius 3 is 2.47 bits per heavy atom. The van der Waals surface area contributed by atoms with Crippen LogP contribution in [0.5, 0.6) is 0 Å². The maximum Gasteiger partial charge on any atom is 0.0501 e. The average Bonchev–Trinajstić information content (AvgIpc) is 2.37. The van der Waals surface area contributed by atoms with Crippen LogP contribution in [-0.4, -0.2) is 0 Å². The van der Waals surface area contributed by atoms with Gasteiger partial charge in [0.1, 0.15) is 0 Å². The molecule has 2 aromatic rings. The van der Waals surface area contributed by atoms with Crippen LogP contribution in [0.15, 0.2) is 46.9 Å². The summed E-state index contributed by atoms with van der Waals surface area (Å²) in [5.41, 5.74) is 5.16. The van der Waals surface area contributed by atoms with Gasteiger partial charge < -0.3 is 0 Å². The molecule has 2 aromatic carbocycles. The molecule has 0 fully saturated rings. The van der Waals surface area contributed by atoms with Crippen molar-refractivity contribution in [3.8, 4) is 0 Å². The minimum atomic E-state index is 0.0371. The van der Waals surface area contributed by atoms with E-state index in [4.69, 9.17) is 17.4 Å². The van der Waals surface area contributed by atoms with E-state index in [9.17, 15) is 0 Å². The van der Waals surface area contributed by atoms with Crippen LogP contribution in [0, 0.1) is 3.57 Å². The summed E-state index contributed by atoms with van der Waals surface area (Å²) in [4.78, 5) is 0. The zero-order valence-corrected chi connectivity index (χ0v) is 14.5. The molecule has 100 valence electrons. The highest BCUT2D eigenvalue weighted by molar-refractivity contribution is 14.1. The molecule has 0 saturated carbocycles. The molecule has 19 heavy (non-hydrogen) atoms. The number of hydrazine groups is 1. The van der Waals surface area contributed by atoms with Crippen molar-refractivity contribution >= 4 is 50.1 Å². The maximum absolute atomic E-state index is 6.08. The molecule has 3 N–H and O–H groups in total. The Balaban J connectivity index is 2.22. The zero-order valence-electron chi connectivity index (χ0n) is 10.0. The van der Waals surface area contributed by atoms with E-state index in [1.54, 1.807) is 0 Å². The molecule has 0 aliphatic carbocycles. The normalized spacial score (nSPS) is 12.4. The van der Waals surface area contributed by atoms with Crippen LogP contribution in [0.3, 0.4) is 0 Å². The summed E-state index contributed by atoms with van der Waals surface area (Å²) in [6.07, 6.45) is 0.820. The lowest BCUT2D eigenvalue weighted by Gasteiger charge is -2.17. The van der Waals surface area contributed by atoms with Gasteiger partial charge in [-0.3, -0.25) is 11.3 Å². The maximum atomic E-state index is 6.08. The Hall–Kier alpha value is -0.140. The van der Waals surface area contributed by atoms with Gasteiger partial charge in [-0.1, -0.05) is 39.7 Å². The quantitative estimate of drug-likeness (QED) is 0.409. The van der Waals surface area contributed by atoms with Crippen molar-refractivity contribution in [2.75, 3.05) is 0 Å². The standard InChI is InChI=1S/C14H13BrClIN2/c15-11-6-10(7-12(16)8-11)14(19-18)5-9-1-3-13(17)4-2-9/h1-4,6-8,14,19H,5,18H2. The number of halogens is 3. The van der Waals surface area contributed by atoms with E-state index >= 15 is 0 Å². The first-order valence-electron chi connectivity index (χ1n) is 5.75. The van der Waals surface area contributed by atoms with Gasteiger partial charge >= 0.3 is 0 Å². The van der Waals surface area contributed by atoms with E-state index < -0.39 is 0 Å². The molecule has 0 heterocycles. The first kappa shape index (κ1) is 15.3. The molecule has 0 aliphatic heterocycles. The summed E-state index contributed by atoms with van der Waals surface area (Å²) >= 11 is 11.8. The largest absolute Gasteiger partial charge is 0.271 e. The third-order valence-electron chi connectivity index (χ3n) is 2.84. The summed E-state index contributed by atoms with van der Waals surface area (Å²) in [7, 11) is 0. The van der Waals surface area contributed by atoms with Gasteiger partial charge in [-0.2, -0.15) is 0 Å². The van der Waals surface area contributed by atoms with Gasteiger partial charge in [-0.05, 0) is 70.5 Å². The summed E-state index contributed by atoms with van der Waals surface area (Å²) in [6, 6.07) is 14.3. The van der Waals surface area contributed by atoms with Crippen LogP contribution >= 0.6 is 50.1 Å². The van der Waals surface area contributed by atoms with Crippen molar-refractivity contribution in [3.05, 3.63) is 66.7 Å². The fraction of sp³-hybridized carbons (Fsp3) is 0.143. The number of rotatable bonds is 4. The highest BCUT2D eigenvalue weighted by Gasteiger charge is 2.12. The number of benzene rings is 2. The fourth-order valence-electron chi connectivity index (χ4n) is 1.91. The Labute approximate surface area is 140 Å². The molecule has 0 radical (unpaired) electrons. The number of nitrogens with one attached hydrogen (secondary N) is 1. The van der Waals surface area contributed by atoms with Crippen molar-refractivity contribution in [3.63, 3.8) is 0 Å². The third kappa shape index (κ3) is 4.43. The van der Waals surface area contributed by atoms with Gasteiger partial charge in [0.15, 0.2) is 0 Å². The monoisotopic (exact) mass is 450 g/mol. The van der Waals surface area contributed by atoms with Crippen LogP contribution in [0.2, 0.25) is 5.02 Å². The highest BCUT2D eigenvalue weighted by Crippen LogP contribution is 2.25. The molecule has 0 amide bonds. The highest BCUT2D eigenvalue weighted by atomic mass is 127. The predicted octanol–water partition coefficient (Wildman–Crippen LogP) is 4.45. The lowest BCUT2D eigenvalue weighted by Crippen LogP contribution is -2.29. The molecule has 1 atom stereocenters. The fourth-order valence-corrected chi connectivity index (χ4v) is 3.15. The summed E-state index contributed by atoms with van der Waals surface area (Å²) in [6.45, 7) is 0. The van der Waals surface area contributed by atoms with Crippen LogP contribution in [0.1, 0.15) is 17.2 Å². The molecule has 2 rings (SSSR count). The van der Waals surface area contributed by atoms with Gasteiger partial charge in [-0.25, -0.2) is 0 Å². The van der Waals surface area contributed by atoms with Crippen LogP contribution in [-0.2, 0) is 6.42 Å². The van der Waals surface area contributed by atoms with Crippen LogP contribution in [0.4, 0.5) is 0 Å². The number of nitrogens with two attached hydrogens (primary N) is 1. The molecular formula is C14H13BrClIN2. The van der Waals surface area contributed by atoms with Crippen LogP contribution in [0.25, 0.3) is 0 Å². The van der Waals surface area contributed by atoms with Gasteiger partial charge in [-0.15, -0.1) is 0 Å². The van der Waals surface area contributed by atoms with Crippen molar-refractivity contribution in [2.45, 2.75) is 12.5 Å². The van der Waals surface area contributed by atoms with Crippen molar-refractivity contribution in [1.29, 1.82) is 0 Å². The van der Waals surface area contributed by atoms with Gasteiger partial charge in [0.25, 0.3) is 0 Å². The molecule has 2 nitrogen and oxygen atoms in total. The molecule has 0 aliphatic rings. The molecular weight excluding hydrogens is 438 g/mol. The topological polar surface area (TPSA) is 38.0 Å². The lowest BCUT2D eigenvalue weighted by molar-refractivity contribution is 0.552. The SMILES string of the molecule is NNC(Cc1ccc(I)cc1)c1cc(Cl)cc(Br)c1. The van der Waals surface area contributed by atoms with E-state index in [0.29, 0.717) is 5.02 Å². The van der Waals surface area contributed by atoms with E-state index in [1.165, 1.54) is 9.13 Å². The van der Waals surface area contributed by atoms with Gasteiger partial charge in [0.2, 0.25) is 0 Å². The minimum Gasteiger partial charge on any atom is -0.271 e. The zero-order chi connectivity index (χ0) is 13.8. The molecule has 0 aromatic heterocycles. The molecule has 5 heteroatoms. The van der Waals surface area contributed by atoms with E-state index in [0.717, 1.165) is 16.5 Å². The second-order valence-corrected chi connectivity index (χ2v) is 6.85. The first-order valence-corrected chi connectivity index (χ1v) is 8.00. The van der Waals surface area contributed by atoms with Crippen molar-refractivity contribution in [1.82, 2.24) is 5.43 Å². The van der Waals surface area contributed by atoms with Crippen molar-refractivity contribution < 1.29 is 0 Å². The first-order chi connectivity index (χ1) is 9.08. The second kappa shape index (κ2) is 7.04. The van der Waals surface area contributed by atoms with E-state index in [1.807, 2.05) is 18.2 Å². The average molecular weight is 452 g/mol. The molecule has 0 spiro atoms. The Morgan fingerprint density at radius 2 is 1.89 bits per heavy atom. The molecule has 0 bridgehead atoms. The van der Waals surface area contributed by atoms with E-state index in [2.05, 4.69) is 68.2 Å². The van der Waals surface area contributed by atoms with Crippen molar-refractivity contribution in [2.24, 2.45) is 5.84 Å². The van der Waals surface area contributed by atoms with Crippen LogP contribution < -0.4 is 11.3 Å². The predicted molar refractivity (Wildman–Crippen MR) is 92.1 cm³/mol. The Kier molecular flexibility index (Phi) is 5.65. The summed E-state index contributed by atoms with van der Waals surface area (Å²) in [5, 5.41) is 0.701. The van der Waals surface area contributed by atoms with Gasteiger partial charge in [0, 0.05) is 13.1 Å². The number of hydrogen-bond donors (Lipinski definition) is 2. The summed E-state index contributed by atoms with van der Waals surface area (Å²) < 4.78 is 2.18. The third-order valence-corrected chi connectivity index (χ3v) is 4.24. The second-order valence-electron chi connectivity index (χ2n) is 4.25. The Morgan fingerprint density at radius 1 is 1.21 bits per heavy atom. The lowest BCUT2D eigenvalue weighted by atomic mass is 9.99. The smallest absolute Gasteiger partial charge is 0.0501 e. The summed E-state index contributed by atoms with van der Waals surface area (Å²) in [5.74, 6) is 5.67. The molecule has 0 saturated heterocycles. The molecule has 1 unspecified atom stereocenters.